The van der Waals surface area contributed by atoms with Crippen LogP contribution in [-0.2, 0) is 5.75 Å². The summed E-state index contributed by atoms with van der Waals surface area (Å²) in [7, 11) is 0. The molecule has 28 heavy (non-hydrogen) atoms. The van der Waals surface area contributed by atoms with Crippen LogP contribution in [0.25, 0.3) is 26.8 Å². The molecule has 0 amide bonds. The van der Waals surface area contributed by atoms with E-state index in [1.807, 2.05) is 32.0 Å². The monoisotopic (exact) mass is 407 g/mol. The molecule has 5 aromatic rings. The molecule has 4 heterocycles. The molecular weight excluding hydrogens is 390 g/mol. The fourth-order valence-corrected chi connectivity index (χ4v) is 5.34. The van der Waals surface area contributed by atoms with Crippen molar-refractivity contribution in [3.63, 3.8) is 0 Å². The molecule has 1 aromatic carbocycles. The zero-order chi connectivity index (χ0) is 19.4. The van der Waals surface area contributed by atoms with Gasteiger partial charge in [-0.05, 0) is 44.0 Å². The van der Waals surface area contributed by atoms with E-state index in [1.54, 1.807) is 11.3 Å². The Balaban J connectivity index is 1.56. The van der Waals surface area contributed by atoms with Gasteiger partial charge in [-0.1, -0.05) is 30.0 Å². The summed E-state index contributed by atoms with van der Waals surface area (Å²) in [6.45, 7) is 6.07. The third kappa shape index (κ3) is 2.63. The van der Waals surface area contributed by atoms with E-state index in [4.69, 9.17) is 0 Å². The van der Waals surface area contributed by atoms with Crippen molar-refractivity contribution in [3.05, 3.63) is 62.5 Å². The number of aryl methyl sites for hydroxylation is 3. The van der Waals surface area contributed by atoms with E-state index in [0.29, 0.717) is 17.0 Å². The Labute approximate surface area is 168 Å². The van der Waals surface area contributed by atoms with Crippen LogP contribution < -0.4 is 5.56 Å². The number of benzene rings is 1. The Bertz CT molecular complexity index is 1430. The first kappa shape index (κ1) is 17.4. The first-order valence-electron chi connectivity index (χ1n) is 8.88. The van der Waals surface area contributed by atoms with Crippen molar-refractivity contribution in [3.8, 4) is 0 Å². The lowest BCUT2D eigenvalue weighted by molar-refractivity contribution is 0.935. The van der Waals surface area contributed by atoms with Crippen LogP contribution in [0.3, 0.4) is 0 Å². The third-order valence-electron chi connectivity index (χ3n) is 5.00. The van der Waals surface area contributed by atoms with E-state index in [9.17, 15) is 4.79 Å². The summed E-state index contributed by atoms with van der Waals surface area (Å²) in [5.41, 5.74) is 4.01. The summed E-state index contributed by atoms with van der Waals surface area (Å²) in [5.74, 6) is 1.17. The maximum Gasteiger partial charge on any atom is 0.259 e. The Morgan fingerprint density at radius 1 is 1.18 bits per heavy atom. The topological polar surface area (TPSA) is 75.9 Å². The van der Waals surface area contributed by atoms with Crippen LogP contribution in [0.15, 0.2) is 40.3 Å². The van der Waals surface area contributed by atoms with Gasteiger partial charge in [0.15, 0.2) is 10.8 Å². The maximum atomic E-state index is 12.5. The van der Waals surface area contributed by atoms with Gasteiger partial charge in [0.05, 0.1) is 16.7 Å². The minimum absolute atomic E-state index is 0.0744. The highest BCUT2D eigenvalue weighted by Gasteiger charge is 2.14. The number of aromatic nitrogens is 5. The molecule has 4 aromatic heterocycles. The van der Waals surface area contributed by atoms with E-state index >= 15 is 0 Å². The maximum absolute atomic E-state index is 12.5. The molecule has 1 N–H and O–H groups in total. The number of H-pyrrole nitrogens is 1. The Hall–Kier alpha value is -2.71. The number of hydrogen-bond donors (Lipinski definition) is 1. The van der Waals surface area contributed by atoms with E-state index in [2.05, 4.69) is 43.6 Å². The molecule has 0 radical (unpaired) electrons. The van der Waals surface area contributed by atoms with Crippen LogP contribution in [0, 0.1) is 20.8 Å². The molecule has 0 saturated carbocycles. The lowest BCUT2D eigenvalue weighted by Gasteiger charge is -2.07. The summed E-state index contributed by atoms with van der Waals surface area (Å²) >= 11 is 3.08. The second-order valence-electron chi connectivity index (χ2n) is 6.79. The minimum Gasteiger partial charge on any atom is -0.309 e. The van der Waals surface area contributed by atoms with Crippen molar-refractivity contribution >= 4 is 49.9 Å². The van der Waals surface area contributed by atoms with Crippen LogP contribution in [0.1, 0.15) is 21.8 Å². The Kier molecular flexibility index (Phi) is 3.99. The average molecular weight is 408 g/mol. The standard InChI is InChI=1S/C20H17N5OS2/c1-10-8-16-23-24-20(25(16)14-7-5-4-6-13(10)14)27-9-15-21-18(26)17-11(2)12(3)28-19(17)22-15/h4-8H,9H2,1-3H3,(H,21,22,26). The van der Waals surface area contributed by atoms with Crippen molar-refractivity contribution in [1.82, 2.24) is 24.6 Å². The van der Waals surface area contributed by atoms with Gasteiger partial charge in [-0.15, -0.1) is 21.5 Å². The van der Waals surface area contributed by atoms with Gasteiger partial charge in [0.2, 0.25) is 0 Å². The van der Waals surface area contributed by atoms with Crippen molar-refractivity contribution in [2.24, 2.45) is 0 Å². The molecule has 0 saturated heterocycles. The molecule has 0 bridgehead atoms. The van der Waals surface area contributed by atoms with Gasteiger partial charge < -0.3 is 4.98 Å². The zero-order valence-corrected chi connectivity index (χ0v) is 17.2. The van der Waals surface area contributed by atoms with Gasteiger partial charge in [-0.2, -0.15) is 0 Å². The highest BCUT2D eigenvalue weighted by Crippen LogP contribution is 2.29. The summed E-state index contributed by atoms with van der Waals surface area (Å²) in [6, 6.07) is 10.3. The lowest BCUT2D eigenvalue weighted by Crippen LogP contribution is -2.11. The SMILES string of the molecule is Cc1sc2nc(CSc3nnc4cc(C)c5ccccc5n34)[nH]c(=O)c2c1C. The van der Waals surface area contributed by atoms with Crippen molar-refractivity contribution < 1.29 is 0 Å². The second kappa shape index (κ2) is 6.42. The molecule has 6 nitrogen and oxygen atoms in total. The molecule has 0 aliphatic heterocycles. The van der Waals surface area contributed by atoms with E-state index in [-0.39, 0.29) is 5.56 Å². The molecule has 0 unspecified atom stereocenters. The normalized spacial score (nSPS) is 11.8. The van der Waals surface area contributed by atoms with Crippen molar-refractivity contribution in [2.45, 2.75) is 31.7 Å². The van der Waals surface area contributed by atoms with Crippen LogP contribution in [-0.4, -0.2) is 24.6 Å². The molecular formula is C20H17N5OS2. The second-order valence-corrected chi connectivity index (χ2v) is 8.93. The van der Waals surface area contributed by atoms with Gasteiger partial charge in [-0.25, -0.2) is 4.98 Å². The van der Waals surface area contributed by atoms with E-state index in [1.165, 1.54) is 22.7 Å². The van der Waals surface area contributed by atoms with Crippen LogP contribution in [0.4, 0.5) is 0 Å². The van der Waals surface area contributed by atoms with Crippen LogP contribution in [0.5, 0.6) is 0 Å². The van der Waals surface area contributed by atoms with Gasteiger partial charge in [0, 0.05) is 10.3 Å². The number of hydrogen-bond acceptors (Lipinski definition) is 6. The van der Waals surface area contributed by atoms with Crippen LogP contribution >= 0.6 is 23.1 Å². The number of rotatable bonds is 3. The molecule has 0 spiro atoms. The van der Waals surface area contributed by atoms with Gasteiger partial charge in [-0.3, -0.25) is 9.20 Å². The average Bonchev–Trinajstić information content (AvgIpc) is 3.21. The van der Waals surface area contributed by atoms with Crippen molar-refractivity contribution in [2.75, 3.05) is 0 Å². The van der Waals surface area contributed by atoms with E-state index < -0.39 is 0 Å². The number of fused-ring (bicyclic) bond motifs is 4. The fourth-order valence-electron chi connectivity index (χ4n) is 3.47. The molecule has 0 atom stereocenters. The molecule has 140 valence electrons. The fraction of sp³-hybridized carbons (Fsp3) is 0.200. The predicted octanol–water partition coefficient (Wildman–Crippen LogP) is 4.40. The molecule has 5 rings (SSSR count). The smallest absolute Gasteiger partial charge is 0.259 e. The van der Waals surface area contributed by atoms with Gasteiger partial charge >= 0.3 is 0 Å². The summed E-state index contributed by atoms with van der Waals surface area (Å²) in [4.78, 5) is 22.0. The van der Waals surface area contributed by atoms with Crippen LogP contribution in [0.2, 0.25) is 0 Å². The number of nitrogens with zero attached hydrogens (tertiary/aromatic N) is 4. The van der Waals surface area contributed by atoms with Gasteiger partial charge in [0.1, 0.15) is 10.7 Å². The molecule has 8 heteroatoms. The highest BCUT2D eigenvalue weighted by atomic mass is 32.2. The highest BCUT2D eigenvalue weighted by molar-refractivity contribution is 7.98. The number of thiophene rings is 1. The Morgan fingerprint density at radius 2 is 2.00 bits per heavy atom. The van der Waals surface area contributed by atoms with Crippen molar-refractivity contribution in [1.29, 1.82) is 0 Å². The number of nitrogens with one attached hydrogen (secondary N) is 1. The number of aromatic amines is 1. The first-order chi connectivity index (χ1) is 13.5. The molecule has 0 fully saturated rings. The third-order valence-corrected chi connectivity index (χ3v) is 7.04. The Morgan fingerprint density at radius 3 is 2.86 bits per heavy atom. The summed E-state index contributed by atoms with van der Waals surface area (Å²) in [5, 5.41) is 11.3. The zero-order valence-electron chi connectivity index (χ0n) is 15.6. The quantitative estimate of drug-likeness (QED) is 0.449. The lowest BCUT2D eigenvalue weighted by atomic mass is 10.1. The summed E-state index contributed by atoms with van der Waals surface area (Å²) in [6.07, 6.45) is 0. The largest absolute Gasteiger partial charge is 0.309 e. The number of pyridine rings is 1. The number of para-hydroxylation sites is 1. The number of thioether (sulfide) groups is 1. The minimum atomic E-state index is -0.0744. The predicted molar refractivity (Wildman–Crippen MR) is 115 cm³/mol. The molecule has 0 aliphatic carbocycles. The molecule has 0 aliphatic rings. The van der Waals surface area contributed by atoms with E-state index in [0.717, 1.165) is 31.6 Å². The summed E-state index contributed by atoms with van der Waals surface area (Å²) < 4.78 is 2.06. The first-order valence-corrected chi connectivity index (χ1v) is 10.7. The van der Waals surface area contributed by atoms with Gasteiger partial charge in [0.25, 0.3) is 5.56 Å².